The van der Waals surface area contributed by atoms with Crippen molar-refractivity contribution >= 4 is 24.2 Å². The summed E-state index contributed by atoms with van der Waals surface area (Å²) in [6, 6.07) is 0. The van der Waals surface area contributed by atoms with Crippen LogP contribution in [0.5, 0.6) is 0 Å². The smallest absolute Gasteiger partial charge is 0.0755 e. The van der Waals surface area contributed by atoms with E-state index in [1.165, 1.54) is 11.5 Å². The van der Waals surface area contributed by atoms with Gasteiger partial charge in [-0.2, -0.15) is 0 Å². The first-order chi connectivity index (χ1) is 4.43. The summed E-state index contributed by atoms with van der Waals surface area (Å²) in [4.78, 5) is 0. The van der Waals surface area contributed by atoms with Crippen LogP contribution in [0.3, 0.4) is 0 Å². The Morgan fingerprint density at radius 2 is 2.56 bits per heavy atom. The highest BCUT2D eigenvalue weighted by Crippen LogP contribution is 2.00. The molecule has 0 saturated carbocycles. The summed E-state index contributed by atoms with van der Waals surface area (Å²) in [6.45, 7) is 0. The second-order valence-electron chi connectivity index (χ2n) is 1.70. The number of aryl methyl sites for hydroxylation is 1. The summed E-state index contributed by atoms with van der Waals surface area (Å²) in [5.41, 5.74) is 1.07. The molecule has 1 radical (unpaired) electrons. The van der Waals surface area contributed by atoms with E-state index in [1.54, 1.807) is 0 Å². The summed E-state index contributed by atoms with van der Waals surface area (Å²) < 4.78 is 3.73. The third-order valence-electron chi connectivity index (χ3n) is 0.982. The van der Waals surface area contributed by atoms with Crippen LogP contribution in [-0.4, -0.2) is 15.3 Å². The minimum atomic E-state index is 0.817. The van der Waals surface area contributed by atoms with Crippen LogP contribution in [0, 0.1) is 0 Å². The molecule has 49 valence electrons. The molecule has 2 nitrogen and oxygen atoms in total. The maximum Gasteiger partial charge on any atom is 0.0755 e. The summed E-state index contributed by atoms with van der Waals surface area (Å²) in [6.07, 6.45) is 2.03. The van der Waals surface area contributed by atoms with E-state index in [4.69, 9.17) is 12.6 Å². The number of aromatic nitrogens is 2. The standard InChI is InChI=1S/C5H7N2S2/c8-3-1-2-5-4-9-7-6-5/h4H,1-3H2. The van der Waals surface area contributed by atoms with Gasteiger partial charge in [-0.1, -0.05) is 17.1 Å². The molecular weight excluding hydrogens is 152 g/mol. The molecule has 0 unspecified atom stereocenters. The third-order valence-corrected chi connectivity index (χ3v) is 1.82. The van der Waals surface area contributed by atoms with Gasteiger partial charge in [0.05, 0.1) is 5.69 Å². The minimum Gasteiger partial charge on any atom is -0.143 e. The quantitative estimate of drug-likeness (QED) is 0.670. The van der Waals surface area contributed by atoms with Crippen LogP contribution in [0.2, 0.25) is 0 Å². The van der Waals surface area contributed by atoms with Crippen molar-refractivity contribution in [3.05, 3.63) is 11.1 Å². The fraction of sp³-hybridized carbons (Fsp3) is 0.600. The lowest BCUT2D eigenvalue weighted by atomic mass is 10.3. The van der Waals surface area contributed by atoms with Gasteiger partial charge in [-0.3, -0.25) is 0 Å². The van der Waals surface area contributed by atoms with Gasteiger partial charge in [0.2, 0.25) is 0 Å². The predicted molar refractivity (Wildman–Crippen MR) is 40.7 cm³/mol. The molecule has 0 aliphatic rings. The van der Waals surface area contributed by atoms with E-state index in [0.717, 1.165) is 24.3 Å². The second-order valence-corrected chi connectivity index (χ2v) is 2.72. The average molecular weight is 159 g/mol. The van der Waals surface area contributed by atoms with Crippen molar-refractivity contribution in [2.24, 2.45) is 0 Å². The number of hydrogen-bond acceptors (Lipinski definition) is 3. The molecule has 0 amide bonds. The molecule has 1 aromatic heterocycles. The van der Waals surface area contributed by atoms with Gasteiger partial charge in [0.25, 0.3) is 0 Å². The normalized spacial score (nSPS) is 9.89. The zero-order valence-corrected chi connectivity index (χ0v) is 6.54. The van der Waals surface area contributed by atoms with E-state index in [9.17, 15) is 0 Å². The molecule has 1 rings (SSSR count). The Kier molecular flexibility index (Phi) is 3.00. The van der Waals surface area contributed by atoms with Crippen LogP contribution >= 0.6 is 24.2 Å². The minimum absolute atomic E-state index is 0.817. The van der Waals surface area contributed by atoms with Gasteiger partial charge in [-0.05, 0) is 24.4 Å². The summed E-state index contributed by atoms with van der Waals surface area (Å²) in [7, 11) is 0. The van der Waals surface area contributed by atoms with Crippen molar-refractivity contribution in [1.29, 1.82) is 0 Å². The van der Waals surface area contributed by atoms with Crippen molar-refractivity contribution in [3.63, 3.8) is 0 Å². The van der Waals surface area contributed by atoms with Gasteiger partial charge >= 0.3 is 0 Å². The Balaban J connectivity index is 2.30. The average Bonchev–Trinajstić information content (AvgIpc) is 2.34. The van der Waals surface area contributed by atoms with Crippen molar-refractivity contribution in [1.82, 2.24) is 9.59 Å². The zero-order chi connectivity index (χ0) is 6.53. The highest BCUT2D eigenvalue weighted by atomic mass is 32.1. The topological polar surface area (TPSA) is 25.8 Å². The van der Waals surface area contributed by atoms with Crippen LogP contribution in [0.25, 0.3) is 0 Å². The number of rotatable bonds is 3. The predicted octanol–water partition coefficient (Wildman–Crippen LogP) is 1.67. The molecule has 0 aliphatic heterocycles. The first-order valence-corrected chi connectivity index (χ1v) is 4.19. The summed E-state index contributed by atoms with van der Waals surface area (Å²) in [5.74, 6) is 0.817. The zero-order valence-electron chi connectivity index (χ0n) is 4.91. The third kappa shape index (κ3) is 2.32. The van der Waals surface area contributed by atoms with Gasteiger partial charge in [-0.15, -0.1) is 5.10 Å². The molecule has 1 heterocycles. The van der Waals surface area contributed by atoms with Crippen molar-refractivity contribution in [2.75, 3.05) is 5.75 Å². The van der Waals surface area contributed by atoms with E-state index in [2.05, 4.69) is 9.59 Å². The highest BCUT2D eigenvalue weighted by molar-refractivity contribution is 7.80. The Hall–Kier alpha value is -0.0900. The van der Waals surface area contributed by atoms with Gasteiger partial charge in [0, 0.05) is 11.1 Å². The Morgan fingerprint density at radius 1 is 1.67 bits per heavy atom. The molecule has 0 aliphatic carbocycles. The molecule has 0 atom stereocenters. The van der Waals surface area contributed by atoms with Crippen LogP contribution in [-0.2, 0) is 6.42 Å². The van der Waals surface area contributed by atoms with Gasteiger partial charge in [0.15, 0.2) is 0 Å². The summed E-state index contributed by atoms with van der Waals surface area (Å²) >= 11 is 6.18. The molecule has 0 aromatic carbocycles. The lowest BCUT2D eigenvalue weighted by Gasteiger charge is -1.87. The van der Waals surface area contributed by atoms with Gasteiger partial charge < -0.3 is 0 Å². The van der Waals surface area contributed by atoms with E-state index in [0.29, 0.717) is 0 Å². The first kappa shape index (κ1) is 7.02. The SMILES string of the molecule is [S]CCCc1csnn1. The molecule has 0 saturated heterocycles. The second kappa shape index (κ2) is 3.85. The van der Waals surface area contributed by atoms with Crippen LogP contribution in [0.4, 0.5) is 0 Å². The molecule has 0 spiro atoms. The highest BCUT2D eigenvalue weighted by Gasteiger charge is 1.92. The lowest BCUT2D eigenvalue weighted by molar-refractivity contribution is 0.880. The van der Waals surface area contributed by atoms with Crippen molar-refractivity contribution < 1.29 is 0 Å². The lowest BCUT2D eigenvalue weighted by Crippen LogP contribution is -1.85. The first-order valence-electron chi connectivity index (χ1n) is 2.77. The molecule has 4 heteroatoms. The molecular formula is C5H7N2S2. The summed E-state index contributed by atoms with van der Waals surface area (Å²) in [5, 5.41) is 5.84. The van der Waals surface area contributed by atoms with Crippen LogP contribution < -0.4 is 0 Å². The molecule has 0 bridgehead atoms. The van der Waals surface area contributed by atoms with Crippen LogP contribution in [0.1, 0.15) is 12.1 Å². The monoisotopic (exact) mass is 159 g/mol. The maximum atomic E-state index is 4.78. The Bertz CT molecular complexity index is 150. The van der Waals surface area contributed by atoms with E-state index in [1.807, 2.05) is 5.38 Å². The van der Waals surface area contributed by atoms with E-state index < -0.39 is 0 Å². The van der Waals surface area contributed by atoms with Crippen LogP contribution in [0.15, 0.2) is 5.38 Å². The van der Waals surface area contributed by atoms with Gasteiger partial charge in [-0.25, -0.2) is 0 Å². The molecule has 9 heavy (non-hydrogen) atoms. The van der Waals surface area contributed by atoms with E-state index in [-0.39, 0.29) is 0 Å². The molecule has 0 fully saturated rings. The largest absolute Gasteiger partial charge is 0.143 e. The number of nitrogens with zero attached hydrogens (tertiary/aromatic N) is 2. The molecule has 1 aromatic rings. The number of hydrogen-bond donors (Lipinski definition) is 0. The van der Waals surface area contributed by atoms with Gasteiger partial charge in [0.1, 0.15) is 0 Å². The fourth-order valence-corrected chi connectivity index (χ4v) is 1.18. The van der Waals surface area contributed by atoms with Crippen molar-refractivity contribution in [2.45, 2.75) is 12.8 Å². The maximum absolute atomic E-state index is 4.78. The fourth-order valence-electron chi connectivity index (χ4n) is 0.546. The Labute approximate surface area is 63.9 Å². The Morgan fingerprint density at radius 3 is 3.11 bits per heavy atom. The molecule has 0 N–H and O–H groups in total. The van der Waals surface area contributed by atoms with Crippen molar-refractivity contribution in [3.8, 4) is 0 Å². The van der Waals surface area contributed by atoms with E-state index >= 15 is 0 Å².